The molecule has 1 aliphatic heterocycles. The first-order valence-electron chi connectivity index (χ1n) is 11.6. The highest BCUT2D eigenvalue weighted by atomic mass is 19.3. The van der Waals surface area contributed by atoms with Crippen LogP contribution < -0.4 is 10.3 Å². The van der Waals surface area contributed by atoms with Crippen molar-refractivity contribution in [3.05, 3.63) is 87.1 Å². The highest BCUT2D eigenvalue weighted by molar-refractivity contribution is 5.61. The quantitative estimate of drug-likeness (QED) is 0.337. The molecular weight excluding hydrogens is 492 g/mol. The van der Waals surface area contributed by atoms with Gasteiger partial charge in [0.15, 0.2) is 5.82 Å². The zero-order valence-corrected chi connectivity index (χ0v) is 19.9. The second kappa shape index (κ2) is 9.89. The van der Waals surface area contributed by atoms with E-state index in [2.05, 4.69) is 19.7 Å². The van der Waals surface area contributed by atoms with Crippen LogP contribution >= 0.6 is 0 Å². The topological polar surface area (TPSA) is 78.6 Å². The van der Waals surface area contributed by atoms with Crippen LogP contribution in [-0.2, 0) is 4.74 Å². The summed E-state index contributed by atoms with van der Waals surface area (Å²) in [5, 5.41) is 0. The third-order valence-electron chi connectivity index (χ3n) is 6.52. The molecule has 192 valence electrons. The van der Waals surface area contributed by atoms with Crippen molar-refractivity contribution in [3.63, 3.8) is 0 Å². The van der Waals surface area contributed by atoms with E-state index in [0.717, 1.165) is 12.1 Å². The number of benzene rings is 1. The molecule has 4 aromatic rings. The predicted octanol–water partition coefficient (Wildman–Crippen LogP) is 5.28. The molecular formula is C26H22F4N4O3. The number of rotatable bonds is 5. The summed E-state index contributed by atoms with van der Waals surface area (Å²) >= 11 is 0. The lowest BCUT2D eigenvalue weighted by Gasteiger charge is -2.30. The molecule has 5 rings (SSSR count). The molecule has 0 aliphatic carbocycles. The van der Waals surface area contributed by atoms with Gasteiger partial charge in [0.25, 0.3) is 5.56 Å². The fraction of sp³-hybridized carbons (Fsp3) is 0.308. The fourth-order valence-electron chi connectivity index (χ4n) is 4.51. The van der Waals surface area contributed by atoms with Crippen molar-refractivity contribution in [2.24, 2.45) is 0 Å². The second-order valence-corrected chi connectivity index (χ2v) is 8.84. The number of ether oxygens (including phenoxy) is 2. The first-order valence-corrected chi connectivity index (χ1v) is 11.6. The molecule has 7 nitrogen and oxygen atoms in total. The van der Waals surface area contributed by atoms with Crippen molar-refractivity contribution in [3.8, 4) is 17.3 Å². The summed E-state index contributed by atoms with van der Waals surface area (Å²) in [6.07, 6.45) is 1.92. The number of hydrogen-bond acceptors (Lipinski definition) is 6. The molecule has 0 saturated carbocycles. The van der Waals surface area contributed by atoms with E-state index >= 15 is 0 Å². The summed E-state index contributed by atoms with van der Waals surface area (Å²) in [5.41, 5.74) is 1.95. The van der Waals surface area contributed by atoms with Crippen LogP contribution in [0.4, 0.5) is 17.6 Å². The van der Waals surface area contributed by atoms with Gasteiger partial charge in [-0.2, -0.15) is 8.78 Å². The van der Waals surface area contributed by atoms with Gasteiger partial charge in [-0.3, -0.25) is 4.79 Å². The van der Waals surface area contributed by atoms with Gasteiger partial charge in [0, 0.05) is 53.9 Å². The molecule has 0 spiro atoms. The van der Waals surface area contributed by atoms with Gasteiger partial charge in [-0.1, -0.05) is 0 Å². The predicted molar refractivity (Wildman–Crippen MR) is 126 cm³/mol. The number of aryl methyl sites for hydroxylation is 1. The molecule has 0 bridgehead atoms. The minimum Gasteiger partial charge on any atom is -0.417 e. The lowest BCUT2D eigenvalue weighted by atomic mass is 9.89. The number of pyridine rings is 1. The van der Waals surface area contributed by atoms with Gasteiger partial charge in [0.2, 0.25) is 5.88 Å². The van der Waals surface area contributed by atoms with Gasteiger partial charge in [-0.25, -0.2) is 28.1 Å². The number of hydrogen-bond donors (Lipinski definition) is 0. The molecule has 0 unspecified atom stereocenters. The Hall–Kier alpha value is -3.86. The third-order valence-corrected chi connectivity index (χ3v) is 6.52. The normalized spacial score (nSPS) is 17.9. The smallest absolute Gasteiger partial charge is 0.388 e. The Labute approximate surface area is 208 Å². The van der Waals surface area contributed by atoms with E-state index in [4.69, 9.17) is 4.74 Å². The molecule has 1 aromatic carbocycles. The van der Waals surface area contributed by atoms with Crippen molar-refractivity contribution in [2.75, 3.05) is 6.61 Å². The standard InChI is InChI=1S/C26H22F4N4O3/c1-13-14(2)32-22-12-20(33-24(34(22)25(13)35)18-4-3-17(27)11-19(18)28)15-6-8-36-21(9-15)16-5-7-31-23(10-16)37-26(29)30/h3-5,7,10-12,15,21,26H,6,8-9H2,1-2H3/t15-,21+/m1/s1. The van der Waals surface area contributed by atoms with E-state index < -0.39 is 29.9 Å². The zero-order valence-electron chi connectivity index (χ0n) is 19.9. The summed E-state index contributed by atoms with van der Waals surface area (Å²) in [7, 11) is 0. The van der Waals surface area contributed by atoms with Gasteiger partial charge < -0.3 is 9.47 Å². The van der Waals surface area contributed by atoms with E-state index in [1.807, 2.05) is 0 Å². The maximum Gasteiger partial charge on any atom is 0.388 e. The van der Waals surface area contributed by atoms with Crippen LogP contribution in [0.25, 0.3) is 17.0 Å². The summed E-state index contributed by atoms with van der Waals surface area (Å²) in [6.45, 7) is 0.683. The molecule has 1 fully saturated rings. The van der Waals surface area contributed by atoms with Crippen molar-refractivity contribution >= 4 is 5.65 Å². The van der Waals surface area contributed by atoms with Crippen molar-refractivity contribution in [1.29, 1.82) is 0 Å². The molecule has 2 atom stereocenters. The molecule has 1 aliphatic rings. The van der Waals surface area contributed by atoms with Crippen LogP contribution in [-0.4, -0.2) is 32.6 Å². The Morgan fingerprint density at radius 3 is 2.68 bits per heavy atom. The Kier molecular flexibility index (Phi) is 6.63. The average Bonchev–Trinajstić information content (AvgIpc) is 2.86. The van der Waals surface area contributed by atoms with Crippen molar-refractivity contribution in [1.82, 2.24) is 19.4 Å². The van der Waals surface area contributed by atoms with Gasteiger partial charge in [0.1, 0.15) is 17.3 Å². The molecule has 3 aromatic heterocycles. The monoisotopic (exact) mass is 514 g/mol. The lowest BCUT2D eigenvalue weighted by molar-refractivity contribution is -0.0533. The molecule has 0 radical (unpaired) electrons. The van der Waals surface area contributed by atoms with Crippen LogP contribution in [0.15, 0.2) is 47.4 Å². The Bertz CT molecular complexity index is 1540. The maximum atomic E-state index is 14.9. The minimum atomic E-state index is -3.00. The Balaban J connectivity index is 1.59. The second-order valence-electron chi connectivity index (χ2n) is 8.84. The van der Waals surface area contributed by atoms with Crippen LogP contribution in [0, 0.1) is 25.5 Å². The van der Waals surface area contributed by atoms with E-state index in [-0.39, 0.29) is 28.8 Å². The molecule has 0 amide bonds. The number of alkyl halides is 2. The maximum absolute atomic E-state index is 14.9. The lowest BCUT2D eigenvalue weighted by Crippen LogP contribution is -2.24. The van der Waals surface area contributed by atoms with Crippen LogP contribution in [0.3, 0.4) is 0 Å². The van der Waals surface area contributed by atoms with Crippen LogP contribution in [0.5, 0.6) is 5.88 Å². The number of halogens is 4. The van der Waals surface area contributed by atoms with E-state index in [1.165, 1.54) is 22.7 Å². The van der Waals surface area contributed by atoms with E-state index in [0.29, 0.717) is 42.0 Å². The largest absolute Gasteiger partial charge is 0.417 e. The van der Waals surface area contributed by atoms with Crippen molar-refractivity contribution < 1.29 is 27.0 Å². The summed E-state index contributed by atoms with van der Waals surface area (Å²) < 4.78 is 65.3. The average molecular weight is 514 g/mol. The first kappa shape index (κ1) is 24.8. The van der Waals surface area contributed by atoms with Gasteiger partial charge >= 0.3 is 6.61 Å². The van der Waals surface area contributed by atoms with Crippen LogP contribution in [0.2, 0.25) is 0 Å². The van der Waals surface area contributed by atoms with Crippen molar-refractivity contribution in [2.45, 2.75) is 45.3 Å². The number of nitrogens with zero attached hydrogens (tertiary/aromatic N) is 4. The van der Waals surface area contributed by atoms with E-state index in [9.17, 15) is 22.4 Å². The zero-order chi connectivity index (χ0) is 26.3. The van der Waals surface area contributed by atoms with Crippen LogP contribution in [0.1, 0.15) is 47.4 Å². The Morgan fingerprint density at radius 2 is 1.92 bits per heavy atom. The fourth-order valence-corrected chi connectivity index (χ4v) is 4.51. The molecule has 1 saturated heterocycles. The minimum absolute atomic E-state index is 0.0187. The highest BCUT2D eigenvalue weighted by Gasteiger charge is 2.28. The molecule has 11 heteroatoms. The number of fused-ring (bicyclic) bond motifs is 1. The summed E-state index contributed by atoms with van der Waals surface area (Å²) in [6, 6.07) is 7.83. The third kappa shape index (κ3) is 4.91. The molecule has 4 heterocycles. The first-order chi connectivity index (χ1) is 17.7. The van der Waals surface area contributed by atoms with E-state index in [1.54, 1.807) is 26.0 Å². The van der Waals surface area contributed by atoms with Gasteiger partial charge in [-0.15, -0.1) is 0 Å². The molecule has 37 heavy (non-hydrogen) atoms. The van der Waals surface area contributed by atoms with Gasteiger partial charge in [0.05, 0.1) is 11.7 Å². The summed E-state index contributed by atoms with van der Waals surface area (Å²) in [5.74, 6) is -1.99. The highest BCUT2D eigenvalue weighted by Crippen LogP contribution is 2.38. The Morgan fingerprint density at radius 1 is 1.11 bits per heavy atom. The van der Waals surface area contributed by atoms with Gasteiger partial charge in [-0.05, 0) is 50.5 Å². The number of aromatic nitrogens is 4. The summed E-state index contributed by atoms with van der Waals surface area (Å²) in [4.78, 5) is 26.2. The molecule has 0 N–H and O–H groups in total. The SMILES string of the molecule is Cc1nc2cc([C@@H]3CCO[C@H](c4ccnc(OC(F)F)c4)C3)nc(-c3ccc(F)cc3F)n2c(=O)c1C.